The molecule has 2 rings (SSSR count). The molecule has 0 spiro atoms. The number of Topliss-reactive ketones (excluding diaryl/α,β-unsaturated/α-hetero) is 1. The molecule has 1 aromatic heterocycles. The van der Waals surface area contributed by atoms with Gasteiger partial charge in [0, 0.05) is 7.05 Å². The number of rotatable bonds is 0. The van der Waals surface area contributed by atoms with Gasteiger partial charge < -0.3 is 4.74 Å². The summed E-state index contributed by atoms with van der Waals surface area (Å²) in [7, 11) is 1.75. The highest BCUT2D eigenvalue weighted by Crippen LogP contribution is 2.20. The lowest BCUT2D eigenvalue weighted by Crippen LogP contribution is -2.42. The van der Waals surface area contributed by atoms with E-state index in [-0.39, 0.29) is 12.3 Å². The Bertz CT molecular complexity index is 499. The van der Waals surface area contributed by atoms with E-state index in [0.29, 0.717) is 12.1 Å². The molecule has 0 fully saturated rings. The van der Waals surface area contributed by atoms with Crippen LogP contribution in [0.4, 0.5) is 4.79 Å². The Morgan fingerprint density at radius 2 is 2.06 bits per heavy atom. The van der Waals surface area contributed by atoms with Crippen molar-refractivity contribution in [1.29, 1.82) is 0 Å². The van der Waals surface area contributed by atoms with Crippen molar-refractivity contribution in [2.24, 2.45) is 7.05 Å². The van der Waals surface area contributed by atoms with Gasteiger partial charge in [0.2, 0.25) is 0 Å². The minimum Gasteiger partial charge on any atom is -0.444 e. The molecule has 1 aromatic rings. The smallest absolute Gasteiger partial charge is 0.411 e. The lowest BCUT2D eigenvalue weighted by Gasteiger charge is -2.29. The van der Waals surface area contributed by atoms with Crippen LogP contribution in [0.3, 0.4) is 0 Å². The Labute approximate surface area is 106 Å². The van der Waals surface area contributed by atoms with Crippen LogP contribution < -0.4 is 0 Å². The fourth-order valence-corrected chi connectivity index (χ4v) is 1.83. The number of amides is 1. The SMILES string of the molecule is Cn1ncc2c1CN(C(=O)OC(C)(C)C)CC2=O. The van der Waals surface area contributed by atoms with Gasteiger partial charge in [-0.2, -0.15) is 5.10 Å². The summed E-state index contributed by atoms with van der Waals surface area (Å²) in [4.78, 5) is 25.2. The lowest BCUT2D eigenvalue weighted by molar-refractivity contribution is 0.0216. The van der Waals surface area contributed by atoms with Crippen LogP contribution in [0.15, 0.2) is 6.20 Å². The number of aryl methyl sites for hydroxylation is 1. The summed E-state index contributed by atoms with van der Waals surface area (Å²) in [5.74, 6) is -0.102. The van der Waals surface area contributed by atoms with Gasteiger partial charge in [0.15, 0.2) is 5.78 Å². The molecule has 1 aliphatic heterocycles. The van der Waals surface area contributed by atoms with Gasteiger partial charge in [-0.1, -0.05) is 0 Å². The Balaban J connectivity index is 2.18. The molecule has 2 heterocycles. The van der Waals surface area contributed by atoms with Crippen LogP contribution in [0.5, 0.6) is 0 Å². The van der Waals surface area contributed by atoms with E-state index in [0.717, 1.165) is 5.69 Å². The van der Waals surface area contributed by atoms with Crippen LogP contribution in [0, 0.1) is 0 Å². The Hall–Kier alpha value is -1.85. The van der Waals surface area contributed by atoms with E-state index in [9.17, 15) is 9.59 Å². The molecular formula is C12H17N3O3. The van der Waals surface area contributed by atoms with E-state index in [1.54, 1.807) is 38.7 Å². The molecule has 18 heavy (non-hydrogen) atoms. The standard InChI is InChI=1S/C12H17N3O3/c1-12(2,3)18-11(17)15-6-9-8(10(16)7-15)5-13-14(9)4/h5H,6-7H2,1-4H3. The highest BCUT2D eigenvalue weighted by molar-refractivity contribution is 6.00. The molecule has 6 heteroatoms. The van der Waals surface area contributed by atoms with Gasteiger partial charge in [-0.05, 0) is 20.8 Å². The van der Waals surface area contributed by atoms with Crippen molar-refractivity contribution >= 4 is 11.9 Å². The second-order valence-corrected chi connectivity index (χ2v) is 5.39. The number of aromatic nitrogens is 2. The van der Waals surface area contributed by atoms with E-state index in [1.165, 1.54) is 4.90 Å². The highest BCUT2D eigenvalue weighted by Gasteiger charge is 2.31. The van der Waals surface area contributed by atoms with Gasteiger partial charge in [0.05, 0.1) is 30.5 Å². The molecule has 0 radical (unpaired) electrons. The minimum absolute atomic E-state index is 0.0492. The normalized spacial score (nSPS) is 15.6. The Kier molecular flexibility index (Phi) is 2.88. The number of fused-ring (bicyclic) bond motifs is 1. The monoisotopic (exact) mass is 251 g/mol. The average molecular weight is 251 g/mol. The largest absolute Gasteiger partial charge is 0.444 e. The first-order valence-electron chi connectivity index (χ1n) is 5.80. The van der Waals surface area contributed by atoms with Crippen LogP contribution in [-0.4, -0.2) is 38.7 Å². The van der Waals surface area contributed by atoms with Crippen molar-refractivity contribution in [2.75, 3.05) is 6.54 Å². The minimum atomic E-state index is -0.563. The third-order valence-corrected chi connectivity index (χ3v) is 2.69. The average Bonchev–Trinajstić information content (AvgIpc) is 2.58. The second kappa shape index (κ2) is 4.12. The van der Waals surface area contributed by atoms with Crippen molar-refractivity contribution in [3.8, 4) is 0 Å². The summed E-state index contributed by atoms with van der Waals surface area (Å²) in [5.41, 5.74) is 0.779. The lowest BCUT2D eigenvalue weighted by atomic mass is 10.1. The topological polar surface area (TPSA) is 64.4 Å². The van der Waals surface area contributed by atoms with Crippen molar-refractivity contribution < 1.29 is 14.3 Å². The van der Waals surface area contributed by atoms with E-state index < -0.39 is 11.7 Å². The van der Waals surface area contributed by atoms with E-state index in [2.05, 4.69) is 5.10 Å². The third kappa shape index (κ3) is 2.37. The summed E-state index contributed by atoms with van der Waals surface area (Å²) < 4.78 is 6.88. The van der Waals surface area contributed by atoms with Crippen molar-refractivity contribution in [3.63, 3.8) is 0 Å². The van der Waals surface area contributed by atoms with Gasteiger partial charge >= 0.3 is 6.09 Å². The van der Waals surface area contributed by atoms with Gasteiger partial charge in [0.25, 0.3) is 0 Å². The zero-order valence-electron chi connectivity index (χ0n) is 11.1. The summed E-state index contributed by atoms with van der Waals surface area (Å²) in [6.07, 6.45) is 1.08. The molecule has 0 atom stereocenters. The molecule has 0 bridgehead atoms. The molecule has 6 nitrogen and oxygen atoms in total. The van der Waals surface area contributed by atoms with Gasteiger partial charge in [-0.15, -0.1) is 0 Å². The van der Waals surface area contributed by atoms with E-state index >= 15 is 0 Å². The number of hydrogen-bond acceptors (Lipinski definition) is 4. The molecule has 0 aliphatic carbocycles. The van der Waals surface area contributed by atoms with Crippen LogP contribution in [0.2, 0.25) is 0 Å². The molecular weight excluding hydrogens is 234 g/mol. The molecule has 1 aliphatic rings. The third-order valence-electron chi connectivity index (χ3n) is 2.69. The molecule has 0 N–H and O–H groups in total. The van der Waals surface area contributed by atoms with Crippen LogP contribution in [0.1, 0.15) is 36.8 Å². The first kappa shape index (κ1) is 12.6. The fourth-order valence-electron chi connectivity index (χ4n) is 1.83. The van der Waals surface area contributed by atoms with Crippen molar-refractivity contribution in [3.05, 3.63) is 17.5 Å². The van der Waals surface area contributed by atoms with Gasteiger partial charge in [0.1, 0.15) is 5.60 Å². The van der Waals surface area contributed by atoms with Crippen LogP contribution in [-0.2, 0) is 18.3 Å². The first-order valence-corrected chi connectivity index (χ1v) is 5.80. The maximum Gasteiger partial charge on any atom is 0.411 e. The van der Waals surface area contributed by atoms with Crippen molar-refractivity contribution in [1.82, 2.24) is 14.7 Å². The maximum atomic E-state index is 11.9. The summed E-state index contributed by atoms with van der Waals surface area (Å²) >= 11 is 0. The molecule has 1 amide bonds. The first-order chi connectivity index (χ1) is 8.28. The predicted molar refractivity (Wildman–Crippen MR) is 64.2 cm³/mol. The van der Waals surface area contributed by atoms with Gasteiger partial charge in [-0.3, -0.25) is 14.4 Å². The number of nitrogens with zero attached hydrogens (tertiary/aromatic N) is 3. The van der Waals surface area contributed by atoms with Crippen molar-refractivity contribution in [2.45, 2.75) is 32.9 Å². The zero-order chi connectivity index (χ0) is 13.5. The van der Waals surface area contributed by atoms with Crippen LogP contribution in [0.25, 0.3) is 0 Å². The number of carbonyl (C=O) groups excluding carboxylic acids is 2. The molecule has 0 aromatic carbocycles. The fraction of sp³-hybridized carbons (Fsp3) is 0.583. The van der Waals surface area contributed by atoms with Crippen LogP contribution >= 0.6 is 0 Å². The maximum absolute atomic E-state index is 11.9. The highest BCUT2D eigenvalue weighted by atomic mass is 16.6. The Morgan fingerprint density at radius 3 is 2.67 bits per heavy atom. The quantitative estimate of drug-likeness (QED) is 0.698. The predicted octanol–water partition coefficient (Wildman–Crippen LogP) is 1.35. The molecule has 0 saturated heterocycles. The van der Waals surface area contributed by atoms with E-state index in [4.69, 9.17) is 4.74 Å². The molecule has 98 valence electrons. The molecule has 0 saturated carbocycles. The Morgan fingerprint density at radius 1 is 1.39 bits per heavy atom. The second-order valence-electron chi connectivity index (χ2n) is 5.39. The number of ketones is 1. The zero-order valence-corrected chi connectivity index (χ0v) is 11.1. The number of carbonyl (C=O) groups is 2. The van der Waals surface area contributed by atoms with Gasteiger partial charge in [-0.25, -0.2) is 4.79 Å². The van der Waals surface area contributed by atoms with E-state index in [1.807, 2.05) is 0 Å². The number of ether oxygens (including phenoxy) is 1. The summed E-state index contributed by atoms with van der Waals surface area (Å²) in [6, 6.07) is 0. The summed E-state index contributed by atoms with van der Waals surface area (Å²) in [5, 5.41) is 4.03. The summed E-state index contributed by atoms with van der Waals surface area (Å²) in [6.45, 7) is 5.80. The number of hydrogen-bond donors (Lipinski definition) is 0. The molecule has 0 unspecified atom stereocenters.